The van der Waals surface area contributed by atoms with E-state index in [1.807, 2.05) is 7.11 Å². The molecule has 0 spiro atoms. The van der Waals surface area contributed by atoms with Crippen molar-refractivity contribution in [3.8, 4) is 0 Å². The van der Waals surface area contributed by atoms with Crippen molar-refractivity contribution in [1.29, 1.82) is 0 Å². The first-order valence-corrected chi connectivity index (χ1v) is 8.77. The summed E-state index contributed by atoms with van der Waals surface area (Å²) in [4.78, 5) is 2.67. The molecule has 1 aliphatic heterocycles. The minimum absolute atomic E-state index is 0.319. The molecule has 2 aliphatic carbocycles. The summed E-state index contributed by atoms with van der Waals surface area (Å²) in [5, 5.41) is 3.75. The van der Waals surface area contributed by atoms with Crippen LogP contribution in [0.5, 0.6) is 0 Å². The zero-order chi connectivity index (χ0) is 14.7. The van der Waals surface area contributed by atoms with E-state index in [0.29, 0.717) is 11.5 Å². The van der Waals surface area contributed by atoms with Crippen molar-refractivity contribution < 1.29 is 9.47 Å². The van der Waals surface area contributed by atoms with Gasteiger partial charge in [0.25, 0.3) is 0 Å². The van der Waals surface area contributed by atoms with E-state index in [4.69, 9.17) is 9.47 Å². The van der Waals surface area contributed by atoms with Crippen molar-refractivity contribution >= 4 is 0 Å². The summed E-state index contributed by atoms with van der Waals surface area (Å²) in [7, 11) is 1.81. The van der Waals surface area contributed by atoms with Crippen LogP contribution >= 0.6 is 0 Å². The average Bonchev–Trinajstić information content (AvgIpc) is 3.40. The molecule has 0 radical (unpaired) electrons. The van der Waals surface area contributed by atoms with Gasteiger partial charge in [0.05, 0.1) is 13.2 Å². The lowest BCUT2D eigenvalue weighted by molar-refractivity contribution is 0.0605. The Balaban J connectivity index is 1.58. The molecule has 0 aromatic heterocycles. The number of nitrogens with one attached hydrogen (secondary N) is 1. The second kappa shape index (κ2) is 6.95. The predicted molar refractivity (Wildman–Crippen MR) is 84.5 cm³/mol. The summed E-state index contributed by atoms with van der Waals surface area (Å²) in [5.41, 5.74) is 0.319. The fraction of sp³-hybridized carbons (Fsp3) is 1.00. The Hall–Kier alpha value is -0.160. The Morgan fingerprint density at radius 1 is 1.33 bits per heavy atom. The molecule has 4 nitrogen and oxygen atoms in total. The fourth-order valence-electron chi connectivity index (χ4n) is 3.56. The maximum Gasteiger partial charge on any atom is 0.0589 e. The third-order valence-corrected chi connectivity index (χ3v) is 5.53. The third-order valence-electron chi connectivity index (χ3n) is 5.53. The molecule has 2 saturated carbocycles. The molecule has 0 amide bonds. The standard InChI is InChI=1S/C17H32N2O2/c1-14(15-3-4-15)19(8-10-20-2)12-17(7-9-21-13-17)11-18-16-5-6-16/h14-16,18H,3-13H2,1-2H3. The van der Waals surface area contributed by atoms with Gasteiger partial charge >= 0.3 is 0 Å². The second-order valence-corrected chi connectivity index (χ2v) is 7.50. The Labute approximate surface area is 129 Å². The van der Waals surface area contributed by atoms with Crippen LogP contribution in [0.2, 0.25) is 0 Å². The van der Waals surface area contributed by atoms with E-state index in [-0.39, 0.29) is 0 Å². The third kappa shape index (κ3) is 4.41. The number of rotatable bonds is 10. The summed E-state index contributed by atoms with van der Waals surface area (Å²) < 4.78 is 11.1. The van der Waals surface area contributed by atoms with Gasteiger partial charge in [0.1, 0.15) is 0 Å². The largest absolute Gasteiger partial charge is 0.383 e. The van der Waals surface area contributed by atoms with Crippen molar-refractivity contribution in [3.05, 3.63) is 0 Å². The molecular formula is C17H32N2O2. The van der Waals surface area contributed by atoms with Crippen LogP contribution in [0.25, 0.3) is 0 Å². The van der Waals surface area contributed by atoms with Gasteiger partial charge in [0.2, 0.25) is 0 Å². The van der Waals surface area contributed by atoms with Gasteiger partial charge in [-0.25, -0.2) is 0 Å². The van der Waals surface area contributed by atoms with Crippen LogP contribution in [0.4, 0.5) is 0 Å². The molecule has 0 aromatic carbocycles. The molecule has 1 saturated heterocycles. The summed E-state index contributed by atoms with van der Waals surface area (Å²) >= 11 is 0. The van der Waals surface area contributed by atoms with Gasteiger partial charge in [-0.05, 0) is 44.9 Å². The quantitative estimate of drug-likeness (QED) is 0.667. The SMILES string of the molecule is COCCN(CC1(CNC2CC2)CCOC1)C(C)C1CC1. The van der Waals surface area contributed by atoms with Crippen LogP contribution in [-0.4, -0.2) is 63.5 Å². The van der Waals surface area contributed by atoms with Crippen LogP contribution in [0, 0.1) is 11.3 Å². The van der Waals surface area contributed by atoms with Gasteiger partial charge in [-0.1, -0.05) is 0 Å². The predicted octanol–water partition coefficient (Wildman–Crippen LogP) is 1.89. The number of ether oxygens (including phenoxy) is 2. The maximum atomic E-state index is 5.78. The smallest absolute Gasteiger partial charge is 0.0589 e. The van der Waals surface area contributed by atoms with Gasteiger partial charge < -0.3 is 14.8 Å². The van der Waals surface area contributed by atoms with Crippen molar-refractivity contribution in [1.82, 2.24) is 10.2 Å². The summed E-state index contributed by atoms with van der Waals surface area (Å²) in [6, 6.07) is 1.48. The normalized spacial score (nSPS) is 31.0. The van der Waals surface area contributed by atoms with E-state index in [2.05, 4.69) is 17.1 Å². The number of hydrogen-bond acceptors (Lipinski definition) is 4. The Bertz CT molecular complexity index is 323. The molecule has 122 valence electrons. The van der Waals surface area contributed by atoms with E-state index in [0.717, 1.165) is 51.4 Å². The highest BCUT2D eigenvalue weighted by atomic mass is 16.5. The minimum Gasteiger partial charge on any atom is -0.383 e. The second-order valence-electron chi connectivity index (χ2n) is 7.50. The van der Waals surface area contributed by atoms with E-state index >= 15 is 0 Å². The molecule has 1 heterocycles. The van der Waals surface area contributed by atoms with Gasteiger partial charge in [-0.2, -0.15) is 0 Å². The van der Waals surface area contributed by atoms with Crippen molar-refractivity contribution in [2.45, 2.75) is 51.1 Å². The first-order valence-electron chi connectivity index (χ1n) is 8.77. The molecule has 0 aromatic rings. The number of methoxy groups -OCH3 is 1. The molecule has 3 aliphatic rings. The van der Waals surface area contributed by atoms with E-state index in [9.17, 15) is 0 Å². The van der Waals surface area contributed by atoms with Crippen LogP contribution < -0.4 is 5.32 Å². The summed E-state index contributed by atoms with van der Waals surface area (Å²) in [6.45, 7) is 8.44. The van der Waals surface area contributed by atoms with Crippen molar-refractivity contribution in [2.75, 3.05) is 46.6 Å². The monoisotopic (exact) mass is 296 g/mol. The van der Waals surface area contributed by atoms with Gasteiger partial charge in [0, 0.05) is 50.8 Å². The van der Waals surface area contributed by atoms with E-state index in [1.54, 1.807) is 0 Å². The molecule has 0 bridgehead atoms. The van der Waals surface area contributed by atoms with Gasteiger partial charge in [-0.15, -0.1) is 0 Å². The van der Waals surface area contributed by atoms with Crippen molar-refractivity contribution in [2.24, 2.45) is 11.3 Å². The Kier molecular flexibility index (Phi) is 5.20. The van der Waals surface area contributed by atoms with Gasteiger partial charge in [0.15, 0.2) is 0 Å². The summed E-state index contributed by atoms with van der Waals surface area (Å²) in [6.07, 6.45) is 6.75. The van der Waals surface area contributed by atoms with Crippen LogP contribution in [0.15, 0.2) is 0 Å². The molecule has 3 fully saturated rings. The molecule has 2 unspecified atom stereocenters. The minimum atomic E-state index is 0.319. The highest BCUT2D eigenvalue weighted by Crippen LogP contribution is 2.38. The highest BCUT2D eigenvalue weighted by molar-refractivity contribution is 4.94. The molecular weight excluding hydrogens is 264 g/mol. The zero-order valence-electron chi connectivity index (χ0n) is 13.8. The number of hydrogen-bond donors (Lipinski definition) is 1. The van der Waals surface area contributed by atoms with E-state index in [1.165, 1.54) is 32.1 Å². The maximum absolute atomic E-state index is 5.78. The Morgan fingerprint density at radius 3 is 2.71 bits per heavy atom. The zero-order valence-corrected chi connectivity index (χ0v) is 13.8. The number of nitrogens with zero attached hydrogens (tertiary/aromatic N) is 1. The van der Waals surface area contributed by atoms with Crippen LogP contribution in [-0.2, 0) is 9.47 Å². The topological polar surface area (TPSA) is 33.7 Å². The van der Waals surface area contributed by atoms with Gasteiger partial charge in [-0.3, -0.25) is 4.90 Å². The lowest BCUT2D eigenvalue weighted by Crippen LogP contribution is -2.49. The first-order chi connectivity index (χ1) is 10.2. The van der Waals surface area contributed by atoms with Crippen molar-refractivity contribution in [3.63, 3.8) is 0 Å². The lowest BCUT2D eigenvalue weighted by atomic mass is 9.85. The lowest BCUT2D eigenvalue weighted by Gasteiger charge is -2.38. The highest BCUT2D eigenvalue weighted by Gasteiger charge is 2.41. The first kappa shape index (κ1) is 15.7. The van der Waals surface area contributed by atoms with E-state index < -0.39 is 0 Å². The average molecular weight is 296 g/mol. The van der Waals surface area contributed by atoms with Crippen LogP contribution in [0.1, 0.15) is 39.0 Å². The fourth-order valence-corrected chi connectivity index (χ4v) is 3.56. The molecule has 3 rings (SSSR count). The molecule has 4 heteroatoms. The molecule has 21 heavy (non-hydrogen) atoms. The summed E-state index contributed by atoms with van der Waals surface area (Å²) in [5.74, 6) is 0.914. The molecule has 1 N–H and O–H groups in total. The Morgan fingerprint density at radius 2 is 2.14 bits per heavy atom. The van der Waals surface area contributed by atoms with Crippen LogP contribution in [0.3, 0.4) is 0 Å². The molecule has 2 atom stereocenters.